The van der Waals surface area contributed by atoms with Crippen LogP contribution in [-0.2, 0) is 9.59 Å². The van der Waals surface area contributed by atoms with E-state index in [0.717, 1.165) is 4.90 Å². The minimum Gasteiger partial charge on any atom is -0.508 e. The molecule has 0 radical (unpaired) electrons. The molecule has 1 heterocycles. The molecule has 166 valence electrons. The first kappa shape index (κ1) is 21.9. The molecule has 33 heavy (non-hydrogen) atoms. The highest BCUT2D eigenvalue weighted by atomic mass is 35.5. The molecule has 8 nitrogen and oxygen atoms in total. The van der Waals surface area contributed by atoms with E-state index in [0.29, 0.717) is 22.7 Å². The molecular weight excluding hydrogens is 446 g/mol. The van der Waals surface area contributed by atoms with Crippen molar-refractivity contribution in [3.8, 4) is 11.5 Å². The van der Waals surface area contributed by atoms with Gasteiger partial charge in [0.15, 0.2) is 0 Å². The lowest BCUT2D eigenvalue weighted by Gasteiger charge is -2.18. The van der Waals surface area contributed by atoms with Crippen LogP contribution in [0.15, 0.2) is 83.5 Å². The molecule has 0 aliphatic carbocycles. The third-order valence-electron chi connectivity index (χ3n) is 4.85. The monoisotopic (exact) mass is 463 g/mol. The van der Waals surface area contributed by atoms with Crippen molar-refractivity contribution in [3.63, 3.8) is 0 Å². The van der Waals surface area contributed by atoms with Crippen LogP contribution in [0.2, 0.25) is 0 Å². The summed E-state index contributed by atoms with van der Waals surface area (Å²) < 4.78 is 5.25. The van der Waals surface area contributed by atoms with E-state index in [1.165, 1.54) is 25.3 Å². The highest BCUT2D eigenvalue weighted by molar-refractivity contribution is 6.53. The van der Waals surface area contributed by atoms with E-state index in [2.05, 4.69) is 10.6 Å². The van der Waals surface area contributed by atoms with E-state index in [1.54, 1.807) is 54.6 Å². The Kier molecular flexibility index (Phi) is 6.01. The van der Waals surface area contributed by atoms with Crippen LogP contribution in [0.4, 0.5) is 17.1 Å². The molecule has 0 saturated carbocycles. The first-order valence-electron chi connectivity index (χ1n) is 9.78. The lowest BCUT2D eigenvalue weighted by atomic mass is 10.1. The minimum atomic E-state index is -0.688. The Labute approximate surface area is 194 Å². The Morgan fingerprint density at radius 2 is 1.67 bits per heavy atom. The van der Waals surface area contributed by atoms with Gasteiger partial charge in [-0.3, -0.25) is 14.4 Å². The summed E-state index contributed by atoms with van der Waals surface area (Å²) in [5.74, 6) is -1.39. The zero-order valence-corrected chi connectivity index (χ0v) is 18.1. The number of rotatable bonds is 6. The summed E-state index contributed by atoms with van der Waals surface area (Å²) in [5, 5.41) is 14.8. The van der Waals surface area contributed by atoms with Crippen LogP contribution in [0.1, 0.15) is 10.4 Å². The van der Waals surface area contributed by atoms with Crippen LogP contribution in [0.3, 0.4) is 0 Å². The lowest BCUT2D eigenvalue weighted by Crippen LogP contribution is -2.32. The van der Waals surface area contributed by atoms with Gasteiger partial charge in [0.25, 0.3) is 17.7 Å². The predicted octanol–water partition coefficient (Wildman–Crippen LogP) is 4.09. The minimum absolute atomic E-state index is 0.0220. The number of anilines is 3. The van der Waals surface area contributed by atoms with Crippen molar-refractivity contribution in [1.82, 2.24) is 0 Å². The van der Waals surface area contributed by atoms with E-state index < -0.39 is 17.7 Å². The molecule has 0 fully saturated rings. The highest BCUT2D eigenvalue weighted by Crippen LogP contribution is 2.35. The second-order valence-corrected chi connectivity index (χ2v) is 7.39. The van der Waals surface area contributed by atoms with Gasteiger partial charge in [-0.15, -0.1) is 0 Å². The number of carbonyl (C=O) groups is 3. The molecule has 0 spiro atoms. The number of carbonyl (C=O) groups excluding carboxylic acids is 3. The maximum absolute atomic E-state index is 13.0. The van der Waals surface area contributed by atoms with Gasteiger partial charge in [-0.2, -0.15) is 0 Å². The first-order chi connectivity index (χ1) is 15.9. The second-order valence-electron chi connectivity index (χ2n) is 7.02. The van der Waals surface area contributed by atoms with Gasteiger partial charge in [0.05, 0.1) is 12.8 Å². The summed E-state index contributed by atoms with van der Waals surface area (Å²) in [4.78, 5) is 39.3. The summed E-state index contributed by atoms with van der Waals surface area (Å²) >= 11 is 6.20. The number of phenols is 1. The number of nitrogens with one attached hydrogen (secondary N) is 2. The number of aromatic hydroxyl groups is 1. The molecular formula is C24H18ClN3O5. The summed E-state index contributed by atoms with van der Waals surface area (Å²) in [6.07, 6.45) is 0. The molecule has 0 aromatic heterocycles. The van der Waals surface area contributed by atoms with Gasteiger partial charge in [-0.1, -0.05) is 35.9 Å². The number of ether oxygens (including phenoxy) is 1. The normalized spacial score (nSPS) is 13.3. The van der Waals surface area contributed by atoms with Crippen molar-refractivity contribution in [2.75, 3.05) is 22.6 Å². The van der Waals surface area contributed by atoms with Gasteiger partial charge in [-0.05, 0) is 42.5 Å². The lowest BCUT2D eigenvalue weighted by molar-refractivity contribution is -0.120. The quantitative estimate of drug-likeness (QED) is 0.475. The average Bonchev–Trinajstić information content (AvgIpc) is 3.02. The number of amides is 3. The van der Waals surface area contributed by atoms with Crippen molar-refractivity contribution in [2.24, 2.45) is 0 Å². The van der Waals surface area contributed by atoms with Crippen LogP contribution in [0.25, 0.3) is 0 Å². The fourth-order valence-corrected chi connectivity index (χ4v) is 3.53. The fourth-order valence-electron chi connectivity index (χ4n) is 3.31. The second kappa shape index (κ2) is 9.05. The molecule has 3 N–H and O–H groups in total. The molecule has 4 rings (SSSR count). The van der Waals surface area contributed by atoms with Crippen LogP contribution in [0, 0.1) is 0 Å². The van der Waals surface area contributed by atoms with Crippen molar-refractivity contribution in [1.29, 1.82) is 0 Å². The SMILES string of the molecule is COc1ccccc1N1C(=O)C(Cl)=C(Nc2cccc(C(=O)Nc3cccc(O)c3)c2)C1=O. The molecule has 9 heteroatoms. The Balaban J connectivity index is 1.56. The zero-order chi connectivity index (χ0) is 23.5. The summed E-state index contributed by atoms with van der Waals surface area (Å²) in [6, 6.07) is 19.1. The van der Waals surface area contributed by atoms with Crippen molar-refractivity contribution < 1.29 is 24.2 Å². The van der Waals surface area contributed by atoms with Crippen LogP contribution < -0.4 is 20.3 Å². The molecule has 1 aliphatic heterocycles. The number of nitrogens with zero attached hydrogens (tertiary/aromatic N) is 1. The number of imide groups is 1. The number of para-hydroxylation sites is 2. The van der Waals surface area contributed by atoms with Crippen LogP contribution >= 0.6 is 11.6 Å². The predicted molar refractivity (Wildman–Crippen MR) is 124 cm³/mol. The Morgan fingerprint density at radius 1 is 0.939 bits per heavy atom. The molecule has 3 amide bonds. The molecule has 3 aromatic carbocycles. The Bertz CT molecular complexity index is 1300. The van der Waals surface area contributed by atoms with E-state index in [9.17, 15) is 19.5 Å². The van der Waals surface area contributed by atoms with Crippen LogP contribution in [0.5, 0.6) is 11.5 Å². The summed E-state index contributed by atoms with van der Waals surface area (Å²) in [5.41, 5.74) is 1.25. The van der Waals surface area contributed by atoms with Crippen molar-refractivity contribution >= 4 is 46.4 Å². The average molecular weight is 464 g/mol. The smallest absolute Gasteiger partial charge is 0.283 e. The van der Waals surface area contributed by atoms with Gasteiger partial charge in [0.1, 0.15) is 22.2 Å². The number of hydrogen-bond donors (Lipinski definition) is 3. The highest BCUT2D eigenvalue weighted by Gasteiger charge is 2.40. The number of hydrogen-bond acceptors (Lipinski definition) is 6. The number of methoxy groups -OCH3 is 1. The van der Waals surface area contributed by atoms with Gasteiger partial charge in [0, 0.05) is 23.0 Å². The standard InChI is InChI=1S/C24H18ClN3O5/c1-33-19-11-3-2-10-18(19)28-23(31)20(25)21(24(28)32)26-15-7-4-6-14(12-15)22(30)27-16-8-5-9-17(29)13-16/h2-13,26,29H,1H3,(H,27,30). The summed E-state index contributed by atoms with van der Waals surface area (Å²) in [6.45, 7) is 0. The molecule has 3 aromatic rings. The molecule has 0 saturated heterocycles. The maximum Gasteiger partial charge on any atom is 0.283 e. The van der Waals surface area contributed by atoms with E-state index in [1.807, 2.05) is 0 Å². The van der Waals surface area contributed by atoms with Gasteiger partial charge < -0.3 is 20.5 Å². The fraction of sp³-hybridized carbons (Fsp3) is 0.0417. The van der Waals surface area contributed by atoms with Gasteiger partial charge >= 0.3 is 0 Å². The van der Waals surface area contributed by atoms with E-state index in [-0.39, 0.29) is 22.2 Å². The zero-order valence-electron chi connectivity index (χ0n) is 17.3. The van der Waals surface area contributed by atoms with Gasteiger partial charge in [-0.25, -0.2) is 4.90 Å². The van der Waals surface area contributed by atoms with Crippen LogP contribution in [-0.4, -0.2) is 29.9 Å². The third-order valence-corrected chi connectivity index (χ3v) is 5.20. The van der Waals surface area contributed by atoms with E-state index >= 15 is 0 Å². The Hall–Kier alpha value is -4.30. The maximum atomic E-state index is 13.0. The topological polar surface area (TPSA) is 108 Å². The summed E-state index contributed by atoms with van der Waals surface area (Å²) in [7, 11) is 1.44. The number of benzene rings is 3. The number of halogens is 1. The number of phenolic OH excluding ortho intramolecular Hbond substituents is 1. The third kappa shape index (κ3) is 4.37. The van der Waals surface area contributed by atoms with Crippen molar-refractivity contribution in [3.05, 3.63) is 89.1 Å². The van der Waals surface area contributed by atoms with Gasteiger partial charge in [0.2, 0.25) is 0 Å². The molecule has 0 bridgehead atoms. The van der Waals surface area contributed by atoms with E-state index in [4.69, 9.17) is 16.3 Å². The largest absolute Gasteiger partial charge is 0.508 e. The molecule has 0 unspecified atom stereocenters. The molecule has 0 atom stereocenters. The first-order valence-corrected chi connectivity index (χ1v) is 10.2. The Morgan fingerprint density at radius 3 is 2.42 bits per heavy atom. The molecule has 1 aliphatic rings. The van der Waals surface area contributed by atoms with Crippen molar-refractivity contribution in [2.45, 2.75) is 0 Å².